The van der Waals surface area contributed by atoms with Crippen molar-refractivity contribution in [2.24, 2.45) is 0 Å². The van der Waals surface area contributed by atoms with Gasteiger partial charge in [-0.05, 0) is 24.3 Å². The molecule has 0 amide bonds. The van der Waals surface area contributed by atoms with Gasteiger partial charge in [0, 0.05) is 20.1 Å². The van der Waals surface area contributed by atoms with Gasteiger partial charge in [-0.1, -0.05) is 18.2 Å². The molecule has 0 radical (unpaired) electrons. The first-order chi connectivity index (χ1) is 10.2. The van der Waals surface area contributed by atoms with Crippen LogP contribution in [0, 0.1) is 0 Å². The number of oxazole rings is 1. The van der Waals surface area contributed by atoms with Crippen molar-refractivity contribution in [3.63, 3.8) is 0 Å². The molecule has 2 aromatic carbocycles. The van der Waals surface area contributed by atoms with Gasteiger partial charge in [0.2, 0.25) is 0 Å². The number of nitrogens with two attached hydrogens (primary N) is 1. The summed E-state index contributed by atoms with van der Waals surface area (Å²) in [6.07, 6.45) is 0. The van der Waals surface area contributed by atoms with Gasteiger partial charge in [-0.3, -0.25) is 4.90 Å². The second-order valence-corrected chi connectivity index (χ2v) is 5.25. The molecule has 0 atom stereocenters. The molecule has 0 bridgehead atoms. The molecule has 5 nitrogen and oxygen atoms in total. The second kappa shape index (κ2) is 4.41. The molecule has 4 rings (SSSR count). The maximum atomic E-state index is 5.97. The highest BCUT2D eigenvalue weighted by Gasteiger charge is 2.24. The van der Waals surface area contributed by atoms with E-state index in [1.54, 1.807) is 0 Å². The number of anilines is 4. The SMILES string of the molecule is CN1CCN(c2nc3c(N)cccc3o2)c2ccccc21. The zero-order valence-corrected chi connectivity index (χ0v) is 11.8. The number of aromatic nitrogens is 1. The summed E-state index contributed by atoms with van der Waals surface area (Å²) < 4.78 is 5.90. The molecule has 0 saturated carbocycles. The van der Waals surface area contributed by atoms with Crippen LogP contribution in [0.5, 0.6) is 0 Å². The molecule has 1 aromatic heterocycles. The highest BCUT2D eigenvalue weighted by Crippen LogP contribution is 2.37. The summed E-state index contributed by atoms with van der Waals surface area (Å²) >= 11 is 0. The fraction of sp³-hybridized carbons (Fsp3) is 0.188. The first-order valence-electron chi connectivity index (χ1n) is 6.97. The average molecular weight is 280 g/mol. The Bertz CT molecular complexity index is 811. The van der Waals surface area contributed by atoms with E-state index in [0.29, 0.717) is 11.7 Å². The van der Waals surface area contributed by atoms with Crippen molar-refractivity contribution in [3.05, 3.63) is 42.5 Å². The fourth-order valence-corrected chi connectivity index (χ4v) is 2.78. The lowest BCUT2D eigenvalue weighted by Gasteiger charge is -2.34. The molecule has 0 spiro atoms. The lowest BCUT2D eigenvalue weighted by Crippen LogP contribution is -2.36. The molecule has 0 saturated heterocycles. The van der Waals surface area contributed by atoms with Crippen molar-refractivity contribution >= 4 is 34.2 Å². The first-order valence-corrected chi connectivity index (χ1v) is 6.97. The summed E-state index contributed by atoms with van der Waals surface area (Å²) in [4.78, 5) is 8.92. The summed E-state index contributed by atoms with van der Waals surface area (Å²) in [6, 6.07) is 14.5. The lowest BCUT2D eigenvalue weighted by molar-refractivity contribution is 0.587. The van der Waals surface area contributed by atoms with Crippen molar-refractivity contribution in [1.82, 2.24) is 4.98 Å². The number of likely N-dealkylation sites (N-methyl/N-ethyl adjacent to an activating group) is 1. The van der Waals surface area contributed by atoms with Crippen LogP contribution in [0.2, 0.25) is 0 Å². The Morgan fingerprint density at radius 3 is 2.67 bits per heavy atom. The molecule has 2 heterocycles. The van der Waals surface area contributed by atoms with Crippen LogP contribution >= 0.6 is 0 Å². The minimum atomic E-state index is 0.600. The van der Waals surface area contributed by atoms with E-state index in [9.17, 15) is 0 Å². The Labute approximate surface area is 122 Å². The molecule has 1 aliphatic heterocycles. The summed E-state index contributed by atoms with van der Waals surface area (Å²) in [5, 5.41) is 0. The molecule has 0 unspecified atom stereocenters. The second-order valence-electron chi connectivity index (χ2n) is 5.25. The Morgan fingerprint density at radius 1 is 1.05 bits per heavy atom. The normalized spacial score (nSPS) is 14.5. The van der Waals surface area contributed by atoms with Crippen molar-refractivity contribution in [2.75, 3.05) is 35.7 Å². The van der Waals surface area contributed by atoms with Crippen LogP contribution in [0.25, 0.3) is 11.1 Å². The Kier molecular flexibility index (Phi) is 2.54. The van der Waals surface area contributed by atoms with Gasteiger partial charge in [0.05, 0.1) is 17.1 Å². The number of hydrogen-bond acceptors (Lipinski definition) is 5. The van der Waals surface area contributed by atoms with E-state index in [1.807, 2.05) is 30.3 Å². The third kappa shape index (κ3) is 1.81. The summed E-state index contributed by atoms with van der Waals surface area (Å²) in [5.74, 6) is 0. The molecular formula is C16H16N4O. The molecule has 2 N–H and O–H groups in total. The van der Waals surface area contributed by atoms with Gasteiger partial charge in [0.1, 0.15) is 5.52 Å². The van der Waals surface area contributed by atoms with Crippen LogP contribution in [-0.2, 0) is 0 Å². The zero-order valence-electron chi connectivity index (χ0n) is 11.8. The molecule has 21 heavy (non-hydrogen) atoms. The Morgan fingerprint density at radius 2 is 1.86 bits per heavy atom. The third-order valence-corrected chi connectivity index (χ3v) is 3.91. The summed E-state index contributed by atoms with van der Waals surface area (Å²) in [7, 11) is 2.10. The Balaban J connectivity index is 1.86. The number of para-hydroxylation sites is 3. The molecule has 1 aliphatic rings. The predicted octanol–water partition coefficient (Wildman–Crippen LogP) is 3.00. The van der Waals surface area contributed by atoms with E-state index in [2.05, 4.69) is 34.0 Å². The lowest BCUT2D eigenvalue weighted by atomic mass is 10.2. The minimum Gasteiger partial charge on any atom is -0.423 e. The maximum absolute atomic E-state index is 5.97. The molecule has 106 valence electrons. The van der Waals surface area contributed by atoms with Crippen molar-refractivity contribution in [2.45, 2.75) is 0 Å². The highest BCUT2D eigenvalue weighted by atomic mass is 16.4. The highest BCUT2D eigenvalue weighted by molar-refractivity contribution is 5.87. The van der Waals surface area contributed by atoms with Crippen molar-refractivity contribution < 1.29 is 4.42 Å². The van der Waals surface area contributed by atoms with E-state index in [0.717, 1.165) is 29.9 Å². The number of hydrogen-bond donors (Lipinski definition) is 1. The van der Waals surface area contributed by atoms with Crippen molar-refractivity contribution in [1.29, 1.82) is 0 Å². The van der Waals surface area contributed by atoms with Crippen LogP contribution in [0.4, 0.5) is 23.1 Å². The summed E-state index contributed by atoms with van der Waals surface area (Å²) in [6.45, 7) is 1.76. The minimum absolute atomic E-state index is 0.600. The van der Waals surface area contributed by atoms with E-state index in [-0.39, 0.29) is 0 Å². The number of nitrogen functional groups attached to an aromatic ring is 1. The van der Waals surface area contributed by atoms with Crippen LogP contribution in [0.1, 0.15) is 0 Å². The van der Waals surface area contributed by atoms with Crippen LogP contribution in [0.3, 0.4) is 0 Å². The number of rotatable bonds is 1. The molecule has 3 aromatic rings. The zero-order chi connectivity index (χ0) is 14.4. The number of nitrogens with zero attached hydrogens (tertiary/aromatic N) is 3. The molecular weight excluding hydrogens is 264 g/mol. The van der Waals surface area contributed by atoms with Gasteiger partial charge in [-0.15, -0.1) is 0 Å². The largest absolute Gasteiger partial charge is 0.423 e. The monoisotopic (exact) mass is 280 g/mol. The van der Waals surface area contributed by atoms with E-state index in [4.69, 9.17) is 10.2 Å². The predicted molar refractivity (Wildman–Crippen MR) is 85.1 cm³/mol. The van der Waals surface area contributed by atoms with Crippen LogP contribution < -0.4 is 15.5 Å². The molecule has 0 aliphatic carbocycles. The van der Waals surface area contributed by atoms with E-state index >= 15 is 0 Å². The van der Waals surface area contributed by atoms with Gasteiger partial charge in [-0.2, -0.15) is 4.98 Å². The van der Waals surface area contributed by atoms with E-state index < -0.39 is 0 Å². The van der Waals surface area contributed by atoms with Crippen LogP contribution in [0.15, 0.2) is 46.9 Å². The third-order valence-electron chi connectivity index (χ3n) is 3.91. The standard InChI is InChI=1S/C16H16N4O/c1-19-9-10-20(13-7-3-2-6-12(13)19)16-18-15-11(17)5-4-8-14(15)21-16/h2-8H,9-10,17H2,1H3. The van der Waals surface area contributed by atoms with Gasteiger partial charge < -0.3 is 15.1 Å². The topological polar surface area (TPSA) is 58.5 Å². The Hall–Kier alpha value is -2.69. The van der Waals surface area contributed by atoms with Crippen molar-refractivity contribution in [3.8, 4) is 0 Å². The van der Waals surface area contributed by atoms with Gasteiger partial charge in [0.15, 0.2) is 5.58 Å². The van der Waals surface area contributed by atoms with Gasteiger partial charge in [-0.25, -0.2) is 0 Å². The number of fused-ring (bicyclic) bond motifs is 2. The van der Waals surface area contributed by atoms with Gasteiger partial charge >= 0.3 is 6.01 Å². The molecule has 0 fully saturated rings. The smallest absolute Gasteiger partial charge is 0.303 e. The fourth-order valence-electron chi connectivity index (χ4n) is 2.78. The maximum Gasteiger partial charge on any atom is 0.303 e. The number of benzene rings is 2. The van der Waals surface area contributed by atoms with Crippen LogP contribution in [-0.4, -0.2) is 25.1 Å². The quantitative estimate of drug-likeness (QED) is 0.694. The molecule has 5 heteroatoms. The summed E-state index contributed by atoms with van der Waals surface area (Å²) in [5.41, 5.74) is 10.3. The average Bonchev–Trinajstić information content (AvgIpc) is 2.93. The first kappa shape index (κ1) is 12.1. The van der Waals surface area contributed by atoms with E-state index in [1.165, 1.54) is 5.69 Å². The van der Waals surface area contributed by atoms with Gasteiger partial charge in [0.25, 0.3) is 0 Å².